The Kier molecular flexibility index (Phi) is 5.59. The van der Waals surface area contributed by atoms with Crippen molar-refractivity contribution >= 4 is 38.1 Å². The summed E-state index contributed by atoms with van der Waals surface area (Å²) in [5.41, 5.74) is 0.309. The first-order chi connectivity index (χ1) is 11.2. The Hall–Kier alpha value is -1.95. The summed E-state index contributed by atoms with van der Waals surface area (Å²) in [5.74, 6) is -0.0503. The Morgan fingerprint density at radius 2 is 1.92 bits per heavy atom. The first-order valence-electron chi connectivity index (χ1n) is 8.23. The molecular weight excluding hydrogens is 322 g/mol. The van der Waals surface area contributed by atoms with Gasteiger partial charge in [0.1, 0.15) is 0 Å². The Morgan fingerprint density at radius 1 is 1.25 bits per heavy atom. The lowest BCUT2D eigenvalue weighted by atomic mass is 9.92. The summed E-state index contributed by atoms with van der Waals surface area (Å²) in [6.07, 6.45) is 0.428. The number of carbonyl (C=O) groups is 1. The van der Waals surface area contributed by atoms with Gasteiger partial charge in [0.05, 0.1) is 5.39 Å². The molecule has 0 spiro atoms. The molecule has 1 aromatic carbocycles. The normalized spacial score (nSPS) is 11.5. The molecular formula is C18H25N3O2S. The van der Waals surface area contributed by atoms with E-state index in [1.165, 1.54) is 11.3 Å². The average Bonchev–Trinajstić information content (AvgIpc) is 2.47. The van der Waals surface area contributed by atoms with Gasteiger partial charge in [-0.2, -0.15) is 4.98 Å². The Balaban J connectivity index is 2.32. The molecule has 6 heteroatoms. The molecule has 0 aliphatic carbocycles. The minimum absolute atomic E-state index is 0.0503. The molecule has 1 N–H and O–H groups in total. The van der Waals surface area contributed by atoms with E-state index >= 15 is 0 Å². The van der Waals surface area contributed by atoms with Gasteiger partial charge in [0.15, 0.2) is 5.13 Å². The summed E-state index contributed by atoms with van der Waals surface area (Å²) in [5, 5.41) is 4.15. The maximum absolute atomic E-state index is 12.4. The Morgan fingerprint density at radius 3 is 2.50 bits per heavy atom. The van der Waals surface area contributed by atoms with Crippen molar-refractivity contribution in [3.8, 4) is 0 Å². The van der Waals surface area contributed by atoms with Crippen LogP contribution in [0.1, 0.15) is 41.0 Å². The predicted molar refractivity (Wildman–Crippen MR) is 102 cm³/mol. The van der Waals surface area contributed by atoms with E-state index in [9.17, 15) is 9.59 Å². The van der Waals surface area contributed by atoms with Crippen LogP contribution >= 0.6 is 11.3 Å². The fraction of sp³-hybridized carbons (Fsp3) is 0.500. The molecule has 0 bridgehead atoms. The zero-order valence-electron chi connectivity index (χ0n) is 15.0. The molecule has 0 saturated carbocycles. The van der Waals surface area contributed by atoms with Crippen molar-refractivity contribution in [2.24, 2.45) is 5.41 Å². The van der Waals surface area contributed by atoms with Crippen molar-refractivity contribution in [2.75, 3.05) is 23.3 Å². The largest absolute Gasteiger partial charge is 0.349 e. The van der Waals surface area contributed by atoms with E-state index < -0.39 is 0 Å². The van der Waals surface area contributed by atoms with Crippen LogP contribution in [0.15, 0.2) is 23.0 Å². The molecule has 1 aromatic heterocycles. The number of benzene rings is 1. The van der Waals surface area contributed by atoms with Gasteiger partial charge in [-0.1, -0.05) is 32.1 Å². The molecule has 0 unspecified atom stereocenters. The summed E-state index contributed by atoms with van der Waals surface area (Å²) in [6, 6.07) is 5.43. The van der Waals surface area contributed by atoms with Crippen LogP contribution in [0, 0.1) is 5.41 Å². The number of hydrogen-bond acceptors (Lipinski definition) is 5. The lowest BCUT2D eigenvalue weighted by molar-refractivity contribution is -0.117. The van der Waals surface area contributed by atoms with Gasteiger partial charge < -0.3 is 10.2 Å². The molecule has 0 atom stereocenters. The highest BCUT2D eigenvalue weighted by molar-refractivity contribution is 7.21. The van der Waals surface area contributed by atoms with Gasteiger partial charge in [0, 0.05) is 29.9 Å². The van der Waals surface area contributed by atoms with Crippen molar-refractivity contribution < 1.29 is 4.79 Å². The molecule has 0 aliphatic heterocycles. The third kappa shape index (κ3) is 4.54. The number of nitrogens with zero attached hydrogens (tertiary/aromatic N) is 2. The van der Waals surface area contributed by atoms with Crippen LogP contribution in [0.3, 0.4) is 0 Å². The van der Waals surface area contributed by atoms with Gasteiger partial charge in [-0.15, -0.1) is 0 Å². The van der Waals surface area contributed by atoms with E-state index in [-0.39, 0.29) is 16.9 Å². The second kappa shape index (κ2) is 7.30. The molecule has 130 valence electrons. The SMILES string of the molecule is CCN(CC)c1nc(=O)c2cc(NC(=O)CC(C)(C)C)ccc2s1. The van der Waals surface area contributed by atoms with Gasteiger partial charge in [-0.25, -0.2) is 0 Å². The number of carbonyl (C=O) groups excluding carboxylic acids is 1. The maximum Gasteiger partial charge on any atom is 0.281 e. The quantitative estimate of drug-likeness (QED) is 0.891. The number of hydrogen-bond donors (Lipinski definition) is 1. The van der Waals surface area contributed by atoms with E-state index in [1.807, 2.05) is 46.8 Å². The average molecular weight is 347 g/mol. The van der Waals surface area contributed by atoms with Crippen LogP contribution < -0.4 is 15.8 Å². The zero-order chi connectivity index (χ0) is 17.9. The van der Waals surface area contributed by atoms with Gasteiger partial charge in [0.25, 0.3) is 5.56 Å². The van der Waals surface area contributed by atoms with Crippen LogP contribution in [0.25, 0.3) is 10.1 Å². The van der Waals surface area contributed by atoms with Gasteiger partial charge in [0.2, 0.25) is 5.91 Å². The Labute approximate surface area is 146 Å². The summed E-state index contributed by atoms with van der Waals surface area (Å²) in [7, 11) is 0. The summed E-state index contributed by atoms with van der Waals surface area (Å²) in [6.45, 7) is 11.8. The summed E-state index contributed by atoms with van der Waals surface area (Å²) in [4.78, 5) is 30.7. The lowest BCUT2D eigenvalue weighted by Gasteiger charge is -2.19. The van der Waals surface area contributed by atoms with E-state index in [2.05, 4.69) is 15.2 Å². The number of rotatable bonds is 5. The fourth-order valence-electron chi connectivity index (χ4n) is 2.45. The third-order valence-electron chi connectivity index (χ3n) is 3.62. The number of anilines is 2. The van der Waals surface area contributed by atoms with Crippen LogP contribution in [-0.2, 0) is 4.79 Å². The predicted octanol–water partition coefficient (Wildman–Crippen LogP) is 3.88. The van der Waals surface area contributed by atoms with Gasteiger partial charge >= 0.3 is 0 Å². The van der Waals surface area contributed by atoms with Crippen molar-refractivity contribution in [3.63, 3.8) is 0 Å². The first kappa shape index (κ1) is 18.4. The lowest BCUT2D eigenvalue weighted by Crippen LogP contribution is -2.24. The van der Waals surface area contributed by atoms with E-state index in [4.69, 9.17) is 0 Å². The van der Waals surface area contributed by atoms with E-state index in [1.54, 1.807) is 6.07 Å². The first-order valence-corrected chi connectivity index (χ1v) is 9.05. The van der Waals surface area contributed by atoms with Crippen LogP contribution in [0.4, 0.5) is 10.8 Å². The van der Waals surface area contributed by atoms with Crippen molar-refractivity contribution in [1.29, 1.82) is 0 Å². The van der Waals surface area contributed by atoms with Gasteiger partial charge in [-0.05, 0) is 37.5 Å². The Bertz CT molecular complexity index is 789. The minimum Gasteiger partial charge on any atom is -0.349 e. The molecule has 0 radical (unpaired) electrons. The van der Waals surface area contributed by atoms with Crippen molar-refractivity contribution in [3.05, 3.63) is 28.6 Å². The van der Waals surface area contributed by atoms with Gasteiger partial charge in [-0.3, -0.25) is 9.59 Å². The molecule has 1 amide bonds. The highest BCUT2D eigenvalue weighted by Crippen LogP contribution is 2.26. The van der Waals surface area contributed by atoms with Crippen LogP contribution in [0.2, 0.25) is 0 Å². The summed E-state index contributed by atoms with van der Waals surface area (Å²) >= 11 is 1.50. The van der Waals surface area contributed by atoms with Crippen LogP contribution in [0.5, 0.6) is 0 Å². The van der Waals surface area contributed by atoms with Crippen molar-refractivity contribution in [2.45, 2.75) is 41.0 Å². The second-order valence-electron chi connectivity index (χ2n) is 6.97. The standard InChI is InChI=1S/C18H25N3O2S/c1-6-21(7-2)17-20-16(23)13-10-12(8-9-14(13)24-17)19-15(22)11-18(3,4)5/h8-10H,6-7,11H2,1-5H3,(H,19,22). The summed E-state index contributed by atoms with van der Waals surface area (Å²) < 4.78 is 0.880. The minimum atomic E-state index is -0.252. The van der Waals surface area contributed by atoms with E-state index in [0.29, 0.717) is 17.5 Å². The van der Waals surface area contributed by atoms with Crippen molar-refractivity contribution in [1.82, 2.24) is 4.98 Å². The van der Waals surface area contributed by atoms with E-state index in [0.717, 1.165) is 22.9 Å². The number of nitrogens with one attached hydrogen (secondary N) is 1. The highest BCUT2D eigenvalue weighted by Gasteiger charge is 2.16. The number of aromatic nitrogens is 1. The zero-order valence-corrected chi connectivity index (χ0v) is 15.8. The smallest absolute Gasteiger partial charge is 0.281 e. The molecule has 24 heavy (non-hydrogen) atoms. The number of amides is 1. The monoisotopic (exact) mass is 347 g/mol. The molecule has 2 rings (SSSR count). The fourth-order valence-corrected chi connectivity index (χ4v) is 3.55. The molecule has 0 fully saturated rings. The van der Waals surface area contributed by atoms with Crippen LogP contribution in [-0.4, -0.2) is 24.0 Å². The molecule has 0 aliphatic rings. The maximum atomic E-state index is 12.4. The topological polar surface area (TPSA) is 62.3 Å². The highest BCUT2D eigenvalue weighted by atomic mass is 32.1. The second-order valence-corrected chi connectivity index (χ2v) is 7.98. The molecule has 2 aromatic rings. The molecule has 0 saturated heterocycles. The molecule has 5 nitrogen and oxygen atoms in total. The molecule has 1 heterocycles. The third-order valence-corrected chi connectivity index (χ3v) is 4.72. The number of fused-ring (bicyclic) bond motifs is 1.